The van der Waals surface area contributed by atoms with Gasteiger partial charge in [0, 0.05) is 61.3 Å². The van der Waals surface area contributed by atoms with Crippen molar-refractivity contribution in [3.05, 3.63) is 70.9 Å². The fraction of sp³-hybridized carbons (Fsp3) is 0.348. The van der Waals surface area contributed by atoms with E-state index in [1.54, 1.807) is 7.11 Å². The van der Waals surface area contributed by atoms with Crippen molar-refractivity contribution in [2.24, 2.45) is 0 Å². The van der Waals surface area contributed by atoms with Crippen LogP contribution in [0.5, 0.6) is 0 Å². The van der Waals surface area contributed by atoms with Crippen molar-refractivity contribution in [1.82, 2.24) is 9.88 Å². The van der Waals surface area contributed by atoms with Gasteiger partial charge in [-0.25, -0.2) is 0 Å². The van der Waals surface area contributed by atoms with Crippen LogP contribution in [0.25, 0.3) is 10.9 Å². The maximum Gasteiger partial charge on any atom is 0.220 e. The van der Waals surface area contributed by atoms with Crippen LogP contribution >= 0.6 is 11.6 Å². The number of halogens is 1. The van der Waals surface area contributed by atoms with Crippen molar-refractivity contribution < 1.29 is 9.53 Å². The summed E-state index contributed by atoms with van der Waals surface area (Å²) in [5.41, 5.74) is 3.40. The molecule has 0 radical (unpaired) electrons. The number of hydrogen-bond donors (Lipinski definition) is 1. The first-order chi connectivity index (χ1) is 13.6. The summed E-state index contributed by atoms with van der Waals surface area (Å²) < 4.78 is 7.29. The van der Waals surface area contributed by atoms with E-state index in [-0.39, 0.29) is 11.8 Å². The molecular formula is C23H27ClN2O2. The Balaban J connectivity index is 1.94. The molecule has 0 bridgehead atoms. The predicted molar refractivity (Wildman–Crippen MR) is 115 cm³/mol. The molecule has 1 N–H and O–H groups in total. The van der Waals surface area contributed by atoms with Crippen LogP contribution < -0.4 is 5.32 Å². The molecule has 1 unspecified atom stereocenters. The standard InChI is InChI=1S/C23H27ClN2O2/c1-3-26-16-21(19-10-4-5-11-22(19)26)20(17-8-6-9-18(24)14-17)15-23(27)25-12-7-13-28-2/h4-6,8-11,14,16,20H,3,7,12-13,15H2,1-2H3,(H,25,27). The molecule has 5 heteroatoms. The maximum absolute atomic E-state index is 12.7. The topological polar surface area (TPSA) is 43.3 Å². The van der Waals surface area contributed by atoms with E-state index in [0.29, 0.717) is 24.6 Å². The molecule has 148 valence electrons. The molecule has 1 amide bonds. The first-order valence-corrected chi connectivity index (χ1v) is 10.1. The van der Waals surface area contributed by atoms with Gasteiger partial charge in [-0.1, -0.05) is 41.9 Å². The number of amides is 1. The third kappa shape index (κ3) is 4.75. The van der Waals surface area contributed by atoms with Gasteiger partial charge in [-0.05, 0) is 42.7 Å². The zero-order chi connectivity index (χ0) is 19.9. The molecule has 0 aliphatic heterocycles. The third-order valence-electron chi connectivity index (χ3n) is 5.02. The van der Waals surface area contributed by atoms with Gasteiger partial charge in [-0.3, -0.25) is 4.79 Å². The fourth-order valence-corrected chi connectivity index (χ4v) is 3.85. The average Bonchev–Trinajstić information content (AvgIpc) is 3.08. The molecule has 28 heavy (non-hydrogen) atoms. The molecule has 0 spiro atoms. The molecule has 4 nitrogen and oxygen atoms in total. The second-order valence-corrected chi connectivity index (χ2v) is 7.33. The van der Waals surface area contributed by atoms with Gasteiger partial charge in [-0.15, -0.1) is 0 Å². The lowest BCUT2D eigenvalue weighted by Crippen LogP contribution is -2.27. The Labute approximate surface area is 171 Å². The molecule has 0 aliphatic carbocycles. The van der Waals surface area contributed by atoms with Gasteiger partial charge in [-0.2, -0.15) is 0 Å². The fourth-order valence-electron chi connectivity index (χ4n) is 3.65. The van der Waals surface area contributed by atoms with E-state index >= 15 is 0 Å². The second kappa shape index (κ2) is 9.76. The summed E-state index contributed by atoms with van der Waals surface area (Å²) in [6, 6.07) is 16.2. The van der Waals surface area contributed by atoms with Gasteiger partial charge in [0.15, 0.2) is 0 Å². The molecule has 2 aromatic carbocycles. The molecule has 3 aromatic rings. The van der Waals surface area contributed by atoms with Crippen LogP contribution in [0.15, 0.2) is 54.7 Å². The van der Waals surface area contributed by atoms with Crippen molar-refractivity contribution in [3.8, 4) is 0 Å². The second-order valence-electron chi connectivity index (χ2n) is 6.90. The lowest BCUT2D eigenvalue weighted by Gasteiger charge is -2.17. The van der Waals surface area contributed by atoms with Gasteiger partial charge < -0.3 is 14.6 Å². The minimum absolute atomic E-state index is 0.0365. The summed E-state index contributed by atoms with van der Waals surface area (Å²) in [5.74, 6) is -0.0202. The highest BCUT2D eigenvalue weighted by atomic mass is 35.5. The molecule has 0 fully saturated rings. The smallest absolute Gasteiger partial charge is 0.220 e. The van der Waals surface area contributed by atoms with Crippen molar-refractivity contribution in [3.63, 3.8) is 0 Å². The molecule has 1 heterocycles. The Hall–Kier alpha value is -2.30. The highest BCUT2D eigenvalue weighted by Gasteiger charge is 2.22. The van der Waals surface area contributed by atoms with Gasteiger partial charge in [0.2, 0.25) is 5.91 Å². The van der Waals surface area contributed by atoms with Crippen LogP contribution in [0.2, 0.25) is 5.02 Å². The monoisotopic (exact) mass is 398 g/mol. The minimum atomic E-state index is -0.0566. The van der Waals surface area contributed by atoms with Gasteiger partial charge in [0.1, 0.15) is 0 Å². The highest BCUT2D eigenvalue weighted by Crippen LogP contribution is 2.35. The number of ether oxygens (including phenoxy) is 1. The summed E-state index contributed by atoms with van der Waals surface area (Å²) in [4.78, 5) is 12.7. The van der Waals surface area contributed by atoms with Crippen LogP contribution in [0.1, 0.15) is 36.8 Å². The Morgan fingerprint density at radius 3 is 2.79 bits per heavy atom. The van der Waals surface area contributed by atoms with E-state index in [4.69, 9.17) is 16.3 Å². The first kappa shape index (κ1) is 20.4. The Morgan fingerprint density at radius 2 is 2.04 bits per heavy atom. The Morgan fingerprint density at radius 1 is 1.21 bits per heavy atom. The van der Waals surface area contributed by atoms with E-state index in [1.807, 2.05) is 30.3 Å². The predicted octanol–water partition coefficient (Wildman–Crippen LogP) is 4.99. The van der Waals surface area contributed by atoms with Crippen LogP contribution in [-0.2, 0) is 16.1 Å². The van der Waals surface area contributed by atoms with Crippen molar-refractivity contribution >= 4 is 28.4 Å². The van der Waals surface area contributed by atoms with Gasteiger partial charge in [0.25, 0.3) is 0 Å². The summed E-state index contributed by atoms with van der Waals surface area (Å²) in [5, 5.41) is 4.88. The highest BCUT2D eigenvalue weighted by molar-refractivity contribution is 6.30. The number of fused-ring (bicyclic) bond motifs is 1. The van der Waals surface area contributed by atoms with Crippen LogP contribution in [0.4, 0.5) is 0 Å². The largest absolute Gasteiger partial charge is 0.385 e. The number of carbonyl (C=O) groups excluding carboxylic acids is 1. The van der Waals surface area contributed by atoms with E-state index in [1.165, 1.54) is 10.9 Å². The van der Waals surface area contributed by atoms with Crippen LogP contribution in [-0.4, -0.2) is 30.7 Å². The maximum atomic E-state index is 12.7. The van der Waals surface area contributed by atoms with Crippen molar-refractivity contribution in [2.45, 2.75) is 32.2 Å². The molecule has 0 aliphatic rings. The number of hydrogen-bond acceptors (Lipinski definition) is 2. The third-order valence-corrected chi connectivity index (χ3v) is 5.26. The van der Waals surface area contributed by atoms with Gasteiger partial charge >= 0.3 is 0 Å². The first-order valence-electron chi connectivity index (χ1n) is 9.73. The summed E-state index contributed by atoms with van der Waals surface area (Å²) in [6.45, 7) is 4.27. The quantitative estimate of drug-likeness (QED) is 0.516. The number of carbonyl (C=O) groups is 1. The molecule has 1 aromatic heterocycles. The molecule has 0 saturated carbocycles. The molecular weight excluding hydrogens is 372 g/mol. The Kier molecular flexibility index (Phi) is 7.12. The van der Waals surface area contributed by atoms with E-state index in [9.17, 15) is 4.79 Å². The van der Waals surface area contributed by atoms with Crippen LogP contribution in [0.3, 0.4) is 0 Å². The summed E-state index contributed by atoms with van der Waals surface area (Å²) >= 11 is 6.26. The molecule has 3 rings (SSSR count). The lowest BCUT2D eigenvalue weighted by molar-refractivity contribution is -0.121. The number of benzene rings is 2. The number of rotatable bonds is 9. The number of nitrogens with one attached hydrogen (secondary N) is 1. The minimum Gasteiger partial charge on any atom is -0.385 e. The molecule has 0 saturated heterocycles. The van der Waals surface area contributed by atoms with E-state index in [0.717, 1.165) is 24.1 Å². The van der Waals surface area contributed by atoms with Crippen molar-refractivity contribution in [2.75, 3.05) is 20.3 Å². The Bertz CT molecular complexity index is 935. The number of methoxy groups -OCH3 is 1. The SMILES string of the molecule is CCn1cc(C(CC(=O)NCCCOC)c2cccc(Cl)c2)c2ccccc21. The van der Waals surface area contributed by atoms with E-state index < -0.39 is 0 Å². The van der Waals surface area contributed by atoms with Crippen molar-refractivity contribution in [1.29, 1.82) is 0 Å². The van der Waals surface area contributed by atoms with Crippen LogP contribution in [0, 0.1) is 0 Å². The van der Waals surface area contributed by atoms with E-state index in [2.05, 4.69) is 41.2 Å². The number of aromatic nitrogens is 1. The average molecular weight is 399 g/mol. The van der Waals surface area contributed by atoms with Gasteiger partial charge in [0.05, 0.1) is 0 Å². The normalized spacial score (nSPS) is 12.2. The number of nitrogens with zero attached hydrogens (tertiary/aromatic N) is 1. The lowest BCUT2D eigenvalue weighted by atomic mass is 9.88. The zero-order valence-corrected chi connectivity index (χ0v) is 17.2. The summed E-state index contributed by atoms with van der Waals surface area (Å²) in [7, 11) is 1.67. The zero-order valence-electron chi connectivity index (χ0n) is 16.5. The molecule has 1 atom stereocenters. The number of aryl methyl sites for hydroxylation is 1. The number of para-hydroxylation sites is 1. The summed E-state index contributed by atoms with van der Waals surface area (Å²) in [6.07, 6.45) is 3.36.